The van der Waals surface area contributed by atoms with Gasteiger partial charge in [0.2, 0.25) is 0 Å². The zero-order chi connectivity index (χ0) is 26.1. The van der Waals surface area contributed by atoms with Gasteiger partial charge in [-0.05, 0) is 20.3 Å². The molecule has 1 amide bonds. The highest BCUT2D eigenvalue weighted by Gasteiger charge is 2.49. The highest BCUT2D eigenvalue weighted by atomic mass is 16.5. The summed E-state index contributed by atoms with van der Waals surface area (Å²) in [7, 11) is 5.69. The maximum atomic E-state index is 13.4. The summed E-state index contributed by atoms with van der Waals surface area (Å²) >= 11 is 0. The van der Waals surface area contributed by atoms with E-state index in [0.29, 0.717) is 17.3 Å². The van der Waals surface area contributed by atoms with E-state index in [2.05, 4.69) is 12.2 Å². The van der Waals surface area contributed by atoms with Crippen LogP contribution in [0.25, 0.3) is 0 Å². The molecule has 200 valence electrons. The van der Waals surface area contributed by atoms with E-state index in [1.807, 2.05) is 21.1 Å². The number of amides is 1. The number of nitrogens with zero attached hydrogens (tertiary/aromatic N) is 1. The van der Waals surface area contributed by atoms with Gasteiger partial charge in [0, 0.05) is 0 Å². The van der Waals surface area contributed by atoms with Crippen LogP contribution >= 0.6 is 0 Å². The predicted octanol–water partition coefficient (Wildman–Crippen LogP) is 0.898. The van der Waals surface area contributed by atoms with Crippen molar-refractivity contribution in [2.75, 3.05) is 27.7 Å². The van der Waals surface area contributed by atoms with Gasteiger partial charge >= 0.3 is 0 Å². The molecule has 9 nitrogen and oxygen atoms in total. The molecule has 1 rings (SSSR count). The van der Waals surface area contributed by atoms with E-state index < -0.39 is 54.5 Å². The highest BCUT2D eigenvalue weighted by Crippen LogP contribution is 2.25. The van der Waals surface area contributed by atoms with Crippen molar-refractivity contribution in [2.24, 2.45) is 0 Å². The maximum absolute atomic E-state index is 13.4. The second-order valence-electron chi connectivity index (χ2n) is 11.0. The smallest absolute Gasteiger partial charge is 0.281 e. The van der Waals surface area contributed by atoms with E-state index in [9.17, 15) is 30.0 Å². The number of rotatable bonds is 15. The Bertz CT molecular complexity index is 633. The molecule has 0 saturated carbocycles. The van der Waals surface area contributed by atoms with E-state index in [0.717, 1.165) is 19.3 Å². The molecule has 5 N–H and O–H groups in total. The number of hydrogen-bond acceptors (Lipinski definition) is 7. The summed E-state index contributed by atoms with van der Waals surface area (Å²) in [5.41, 5.74) is -0.826. The minimum atomic E-state index is -1.66. The van der Waals surface area contributed by atoms with Crippen LogP contribution in [0.2, 0.25) is 0 Å². The summed E-state index contributed by atoms with van der Waals surface area (Å²) in [6.07, 6.45) is 1.58. The molecule has 0 radical (unpaired) electrons. The zero-order valence-electron chi connectivity index (χ0n) is 22.0. The van der Waals surface area contributed by atoms with Crippen LogP contribution in [0.4, 0.5) is 0 Å². The van der Waals surface area contributed by atoms with Crippen molar-refractivity contribution < 1.29 is 39.2 Å². The molecule has 1 fully saturated rings. The second-order valence-corrected chi connectivity index (χ2v) is 11.0. The topological polar surface area (TPSA) is 136 Å². The Morgan fingerprint density at radius 1 is 0.912 bits per heavy atom. The van der Waals surface area contributed by atoms with Crippen molar-refractivity contribution in [3.05, 3.63) is 0 Å². The normalized spacial score (nSPS) is 26.8. The zero-order valence-corrected chi connectivity index (χ0v) is 22.0. The van der Waals surface area contributed by atoms with Crippen molar-refractivity contribution in [2.45, 2.75) is 121 Å². The fourth-order valence-electron chi connectivity index (χ4n) is 3.94. The summed E-state index contributed by atoms with van der Waals surface area (Å²) in [6.45, 7) is 5.17. The van der Waals surface area contributed by atoms with Crippen molar-refractivity contribution in [1.82, 2.24) is 5.32 Å². The molecule has 0 aliphatic carbocycles. The summed E-state index contributed by atoms with van der Waals surface area (Å²) in [5, 5.41) is 42.9. The summed E-state index contributed by atoms with van der Waals surface area (Å²) in [5.74, 6) is -0.868. The Kier molecular flexibility index (Phi) is 12.6. The van der Waals surface area contributed by atoms with E-state index in [1.165, 1.54) is 25.7 Å². The first-order valence-corrected chi connectivity index (χ1v) is 12.8. The number of carbonyl (C=O) groups excluding carboxylic acids is 2. The van der Waals surface area contributed by atoms with Gasteiger partial charge in [-0.15, -0.1) is 0 Å². The van der Waals surface area contributed by atoms with E-state index in [4.69, 9.17) is 4.74 Å². The molecule has 1 saturated heterocycles. The molecule has 1 unspecified atom stereocenters. The largest absolute Gasteiger partial charge is 0.394 e. The van der Waals surface area contributed by atoms with Crippen LogP contribution in [0.1, 0.15) is 78.6 Å². The first-order valence-electron chi connectivity index (χ1n) is 12.8. The number of Topliss-reactive ketones (excluding diaryl/α,β-unsaturated/α-hetero) is 1. The molecule has 6 atom stereocenters. The lowest BCUT2D eigenvalue weighted by atomic mass is 9.89. The number of ketones is 1. The fraction of sp³-hybridized carbons (Fsp3) is 0.920. The van der Waals surface area contributed by atoms with Gasteiger partial charge in [-0.2, -0.15) is 0 Å². The average Bonchev–Trinajstić information content (AvgIpc) is 2.77. The number of quaternary nitrogens is 1. The van der Waals surface area contributed by atoms with E-state index >= 15 is 0 Å². The number of aliphatic hydroxyl groups excluding tert-OH is 4. The molecular formula is C25H49N2O7+. The van der Waals surface area contributed by atoms with Gasteiger partial charge in [0.1, 0.15) is 30.5 Å². The minimum absolute atomic E-state index is 0.303. The van der Waals surface area contributed by atoms with Crippen molar-refractivity contribution in [3.63, 3.8) is 0 Å². The number of ether oxygens (including phenoxy) is 1. The van der Waals surface area contributed by atoms with E-state index in [-0.39, 0.29) is 5.91 Å². The highest BCUT2D eigenvalue weighted by molar-refractivity contribution is 5.94. The molecule has 34 heavy (non-hydrogen) atoms. The monoisotopic (exact) mass is 489 g/mol. The van der Waals surface area contributed by atoms with Crippen LogP contribution in [-0.2, 0) is 14.3 Å². The van der Waals surface area contributed by atoms with Gasteiger partial charge in [0.05, 0.1) is 33.8 Å². The third kappa shape index (κ3) is 8.24. The van der Waals surface area contributed by atoms with Crippen LogP contribution in [0.5, 0.6) is 0 Å². The Balaban J connectivity index is 2.91. The lowest BCUT2D eigenvalue weighted by Crippen LogP contribution is -2.66. The minimum Gasteiger partial charge on any atom is -0.394 e. The van der Waals surface area contributed by atoms with Gasteiger partial charge in [-0.25, -0.2) is 0 Å². The number of carbonyl (C=O) groups is 2. The summed E-state index contributed by atoms with van der Waals surface area (Å²) in [6, 6.07) is -0.917. The predicted molar refractivity (Wildman–Crippen MR) is 130 cm³/mol. The average molecular weight is 490 g/mol. The molecule has 1 aliphatic rings. The number of aliphatic hydroxyl groups is 4. The second kappa shape index (κ2) is 13.8. The Morgan fingerprint density at radius 2 is 1.44 bits per heavy atom. The first kappa shape index (κ1) is 30.9. The van der Waals surface area contributed by atoms with Crippen LogP contribution < -0.4 is 5.32 Å². The SMILES string of the molecule is CCCCCCCCCCC(NC(=O)C(C)(C)[N+](C)(C)C)C(=O)[C@@H]1O[C@H](CO)[C@@H](O)[C@H](O)[C@H]1O. The molecular weight excluding hydrogens is 440 g/mol. The van der Waals surface area contributed by atoms with Gasteiger partial charge < -0.3 is 35.0 Å². The molecule has 0 aromatic rings. The molecule has 0 bridgehead atoms. The lowest BCUT2D eigenvalue weighted by molar-refractivity contribution is -0.908. The molecule has 0 spiro atoms. The summed E-state index contributed by atoms with van der Waals surface area (Å²) < 4.78 is 5.82. The first-order chi connectivity index (χ1) is 15.8. The van der Waals surface area contributed by atoms with Crippen molar-refractivity contribution in [3.8, 4) is 0 Å². The molecule has 1 heterocycles. The van der Waals surface area contributed by atoms with Gasteiger partial charge in [-0.1, -0.05) is 58.3 Å². The fourth-order valence-corrected chi connectivity index (χ4v) is 3.94. The van der Waals surface area contributed by atoms with Crippen LogP contribution in [-0.4, -0.2) is 106 Å². The Labute approximate surface area is 205 Å². The Hall–Kier alpha value is -1.10. The van der Waals surface area contributed by atoms with Gasteiger partial charge in [0.15, 0.2) is 11.3 Å². The summed E-state index contributed by atoms with van der Waals surface area (Å²) in [4.78, 5) is 26.5. The third-order valence-corrected chi connectivity index (χ3v) is 7.40. The molecule has 0 aromatic heterocycles. The quantitative estimate of drug-likeness (QED) is 0.170. The number of hydrogen-bond donors (Lipinski definition) is 5. The van der Waals surface area contributed by atoms with Crippen LogP contribution in [0.3, 0.4) is 0 Å². The molecule has 1 aliphatic heterocycles. The maximum Gasteiger partial charge on any atom is 0.281 e. The number of nitrogens with one attached hydrogen (secondary N) is 1. The van der Waals surface area contributed by atoms with Crippen molar-refractivity contribution in [1.29, 1.82) is 0 Å². The molecule has 0 aromatic carbocycles. The van der Waals surface area contributed by atoms with Gasteiger partial charge in [0.25, 0.3) is 5.91 Å². The standard InChI is InChI=1S/C25H48N2O7/c1-7-8-9-10-11-12-13-14-15-17(26-24(33)25(2,3)27(4,5)6)19(29)23-22(32)21(31)20(30)18(16-28)34-23/h17-18,20-23,28,30-32H,7-16H2,1-6H3/p+1/t17?,18-,20-,21+,22-,23+/m1/s1. The number of unbranched alkanes of at least 4 members (excludes halogenated alkanes) is 7. The Morgan fingerprint density at radius 3 is 1.94 bits per heavy atom. The van der Waals surface area contributed by atoms with Gasteiger partial charge in [-0.3, -0.25) is 9.59 Å². The van der Waals surface area contributed by atoms with E-state index in [1.54, 1.807) is 13.8 Å². The lowest BCUT2D eigenvalue weighted by Gasteiger charge is -2.42. The van der Waals surface area contributed by atoms with Crippen molar-refractivity contribution >= 4 is 11.7 Å². The van der Waals surface area contributed by atoms with Crippen LogP contribution in [0, 0.1) is 0 Å². The molecule has 9 heteroatoms. The van der Waals surface area contributed by atoms with Crippen LogP contribution in [0.15, 0.2) is 0 Å². The number of likely N-dealkylation sites (N-methyl/N-ethyl adjacent to an activating group) is 1. The third-order valence-electron chi connectivity index (χ3n) is 7.40.